The van der Waals surface area contributed by atoms with Crippen LogP contribution in [0.5, 0.6) is 0 Å². The fourth-order valence-electron chi connectivity index (χ4n) is 3.54. The molecule has 2 aromatic carbocycles. The highest BCUT2D eigenvalue weighted by Crippen LogP contribution is 2.45. The SMILES string of the molecule is C=CCN1C2=NCCN2C(O)(c2ccccc2)c2ccc(Cl)cc21. The van der Waals surface area contributed by atoms with E-state index < -0.39 is 5.72 Å². The number of benzene rings is 2. The molecule has 1 N–H and O–H groups in total. The lowest BCUT2D eigenvalue weighted by Gasteiger charge is -2.48. The Hall–Kier alpha value is -2.30. The van der Waals surface area contributed by atoms with E-state index in [1.165, 1.54) is 0 Å². The molecule has 1 unspecified atom stereocenters. The first-order valence-electron chi connectivity index (χ1n) is 7.94. The van der Waals surface area contributed by atoms with E-state index in [0.717, 1.165) is 22.8 Å². The predicted octanol–water partition coefficient (Wildman–Crippen LogP) is 3.21. The number of guanidine groups is 1. The zero-order chi connectivity index (χ0) is 16.7. The molecule has 0 saturated carbocycles. The molecule has 5 heteroatoms. The molecule has 0 radical (unpaired) electrons. The Morgan fingerprint density at radius 3 is 2.79 bits per heavy atom. The molecule has 0 saturated heterocycles. The maximum Gasteiger partial charge on any atom is 0.204 e. The van der Waals surface area contributed by atoms with Crippen LogP contribution in [-0.4, -0.2) is 35.6 Å². The molecular formula is C19H18ClN3O. The number of nitrogens with zero attached hydrogens (tertiary/aromatic N) is 3. The van der Waals surface area contributed by atoms with Gasteiger partial charge in [0.15, 0.2) is 5.72 Å². The van der Waals surface area contributed by atoms with E-state index in [0.29, 0.717) is 24.7 Å². The van der Waals surface area contributed by atoms with Crippen LogP contribution in [0.3, 0.4) is 0 Å². The lowest BCUT2D eigenvalue weighted by atomic mass is 9.89. The van der Waals surface area contributed by atoms with E-state index >= 15 is 0 Å². The molecule has 2 heterocycles. The molecule has 0 aromatic heterocycles. The van der Waals surface area contributed by atoms with Crippen LogP contribution < -0.4 is 4.90 Å². The Kier molecular flexibility index (Phi) is 3.59. The van der Waals surface area contributed by atoms with Gasteiger partial charge in [-0.3, -0.25) is 4.99 Å². The van der Waals surface area contributed by atoms with Gasteiger partial charge in [-0.2, -0.15) is 0 Å². The van der Waals surface area contributed by atoms with E-state index in [9.17, 15) is 5.11 Å². The van der Waals surface area contributed by atoms with Crippen molar-refractivity contribution in [2.75, 3.05) is 24.5 Å². The van der Waals surface area contributed by atoms with E-state index in [2.05, 4.69) is 16.5 Å². The molecule has 2 aromatic rings. The second-order valence-electron chi connectivity index (χ2n) is 5.93. The third kappa shape index (κ3) is 2.07. The average Bonchev–Trinajstić information content (AvgIpc) is 3.09. The Morgan fingerprint density at radius 2 is 2.04 bits per heavy atom. The molecule has 4 nitrogen and oxygen atoms in total. The molecule has 0 amide bonds. The quantitative estimate of drug-likeness (QED) is 0.873. The van der Waals surface area contributed by atoms with Crippen molar-refractivity contribution in [3.05, 3.63) is 77.3 Å². The van der Waals surface area contributed by atoms with Gasteiger partial charge < -0.3 is 14.9 Å². The van der Waals surface area contributed by atoms with E-state index in [1.54, 1.807) is 0 Å². The largest absolute Gasteiger partial charge is 0.363 e. The smallest absolute Gasteiger partial charge is 0.204 e. The van der Waals surface area contributed by atoms with Gasteiger partial charge in [-0.15, -0.1) is 6.58 Å². The number of rotatable bonds is 3. The second-order valence-corrected chi connectivity index (χ2v) is 6.37. The van der Waals surface area contributed by atoms with Gasteiger partial charge in [0.05, 0.1) is 12.2 Å². The van der Waals surface area contributed by atoms with Gasteiger partial charge in [0.1, 0.15) is 0 Å². The van der Waals surface area contributed by atoms with Crippen molar-refractivity contribution in [3.63, 3.8) is 0 Å². The van der Waals surface area contributed by atoms with Crippen molar-refractivity contribution >= 4 is 23.2 Å². The number of hydrogen-bond donors (Lipinski definition) is 1. The van der Waals surface area contributed by atoms with Gasteiger partial charge in [-0.1, -0.05) is 54.1 Å². The first-order valence-corrected chi connectivity index (χ1v) is 8.32. The van der Waals surface area contributed by atoms with E-state index in [-0.39, 0.29) is 0 Å². The predicted molar refractivity (Wildman–Crippen MR) is 97.4 cm³/mol. The molecule has 2 aliphatic rings. The van der Waals surface area contributed by atoms with Gasteiger partial charge in [-0.25, -0.2) is 0 Å². The zero-order valence-electron chi connectivity index (χ0n) is 13.2. The Morgan fingerprint density at radius 1 is 1.25 bits per heavy atom. The third-order valence-electron chi connectivity index (χ3n) is 4.56. The van der Waals surface area contributed by atoms with Crippen LogP contribution in [0, 0.1) is 0 Å². The summed E-state index contributed by atoms with van der Waals surface area (Å²) in [6, 6.07) is 15.3. The van der Waals surface area contributed by atoms with Gasteiger partial charge >= 0.3 is 0 Å². The first-order chi connectivity index (χ1) is 11.7. The summed E-state index contributed by atoms with van der Waals surface area (Å²) in [7, 11) is 0. The molecule has 0 bridgehead atoms. The van der Waals surface area contributed by atoms with Gasteiger partial charge in [0.2, 0.25) is 5.96 Å². The molecule has 2 aliphatic heterocycles. The number of aliphatic imine (C=N–C) groups is 1. The molecule has 1 atom stereocenters. The van der Waals surface area contributed by atoms with Gasteiger partial charge in [-0.05, 0) is 12.1 Å². The van der Waals surface area contributed by atoms with Gasteiger partial charge in [0, 0.05) is 29.2 Å². The highest BCUT2D eigenvalue weighted by atomic mass is 35.5. The standard InChI is InChI=1S/C19H18ClN3O/c1-2-11-22-17-13-15(20)8-9-16(17)19(24,14-6-4-3-5-7-14)23-12-10-21-18(22)23/h2-9,13,24H,1,10-12H2. The van der Waals surface area contributed by atoms with Crippen molar-refractivity contribution in [2.24, 2.45) is 4.99 Å². The number of halogens is 1. The molecule has 4 rings (SSSR count). The fourth-order valence-corrected chi connectivity index (χ4v) is 3.71. The molecular weight excluding hydrogens is 322 g/mol. The lowest BCUT2D eigenvalue weighted by Crippen LogP contribution is -2.58. The topological polar surface area (TPSA) is 39.1 Å². The van der Waals surface area contributed by atoms with Crippen LogP contribution in [0.2, 0.25) is 5.02 Å². The number of hydrogen-bond acceptors (Lipinski definition) is 4. The molecule has 122 valence electrons. The summed E-state index contributed by atoms with van der Waals surface area (Å²) in [4.78, 5) is 8.64. The number of aliphatic hydroxyl groups is 1. The highest BCUT2D eigenvalue weighted by Gasteiger charge is 2.49. The van der Waals surface area contributed by atoms with Crippen LogP contribution in [-0.2, 0) is 5.72 Å². The fraction of sp³-hybridized carbons (Fsp3) is 0.211. The van der Waals surface area contributed by atoms with E-state index in [1.807, 2.05) is 59.5 Å². The van der Waals surface area contributed by atoms with Crippen molar-refractivity contribution in [1.29, 1.82) is 0 Å². The average molecular weight is 340 g/mol. The lowest BCUT2D eigenvalue weighted by molar-refractivity contribution is -0.0358. The summed E-state index contributed by atoms with van der Waals surface area (Å²) in [5.74, 6) is 0.760. The summed E-state index contributed by atoms with van der Waals surface area (Å²) in [5, 5.41) is 12.4. The second kappa shape index (κ2) is 5.65. The van der Waals surface area contributed by atoms with Gasteiger partial charge in [0.25, 0.3) is 0 Å². The minimum absolute atomic E-state index is 0.605. The minimum atomic E-state index is -1.26. The maximum absolute atomic E-state index is 11.8. The van der Waals surface area contributed by atoms with Crippen molar-refractivity contribution < 1.29 is 5.11 Å². The van der Waals surface area contributed by atoms with E-state index in [4.69, 9.17) is 11.6 Å². The summed E-state index contributed by atoms with van der Waals surface area (Å²) in [5.41, 5.74) is 1.24. The van der Waals surface area contributed by atoms with Crippen molar-refractivity contribution in [3.8, 4) is 0 Å². The summed E-state index contributed by atoms with van der Waals surface area (Å²) in [6.07, 6.45) is 1.83. The number of anilines is 1. The van der Waals surface area contributed by atoms with Crippen LogP contribution in [0.25, 0.3) is 0 Å². The third-order valence-corrected chi connectivity index (χ3v) is 4.80. The molecule has 0 spiro atoms. The molecule has 24 heavy (non-hydrogen) atoms. The van der Waals surface area contributed by atoms with Crippen LogP contribution in [0.4, 0.5) is 5.69 Å². The molecule has 0 fully saturated rings. The zero-order valence-corrected chi connectivity index (χ0v) is 13.9. The summed E-state index contributed by atoms with van der Waals surface area (Å²) >= 11 is 6.24. The summed E-state index contributed by atoms with van der Waals surface area (Å²) < 4.78 is 0. The normalized spacial score (nSPS) is 22.0. The number of fused-ring (bicyclic) bond motifs is 2. The highest BCUT2D eigenvalue weighted by molar-refractivity contribution is 6.31. The molecule has 0 aliphatic carbocycles. The van der Waals surface area contributed by atoms with Crippen LogP contribution in [0.1, 0.15) is 11.1 Å². The van der Waals surface area contributed by atoms with Crippen LogP contribution >= 0.6 is 11.6 Å². The first kappa shape index (κ1) is 15.2. The summed E-state index contributed by atoms with van der Waals surface area (Å²) in [6.45, 7) is 5.77. The maximum atomic E-state index is 11.8. The van der Waals surface area contributed by atoms with Crippen LogP contribution in [0.15, 0.2) is 66.2 Å². The minimum Gasteiger partial charge on any atom is -0.363 e. The Bertz CT molecular complexity index is 821. The Balaban J connectivity index is 2.00. The Labute approximate surface area is 146 Å². The monoisotopic (exact) mass is 339 g/mol. The van der Waals surface area contributed by atoms with Crippen molar-refractivity contribution in [1.82, 2.24) is 4.90 Å². The van der Waals surface area contributed by atoms with Crippen molar-refractivity contribution in [2.45, 2.75) is 5.72 Å².